The molecule has 0 aliphatic carbocycles. The quantitative estimate of drug-likeness (QED) is 0.725. The highest BCUT2D eigenvalue weighted by atomic mass is 16.5. The Bertz CT molecular complexity index is 912. The molecule has 0 saturated carbocycles. The van der Waals surface area contributed by atoms with Crippen molar-refractivity contribution < 1.29 is 23.9 Å². The SMILES string of the molecule is CC(C)[C@@H](OC(=O)c1ccccc1C(=O)N(C)c1ccccc1)C(=O)NC(N)=O. The van der Waals surface area contributed by atoms with Gasteiger partial charge in [0.15, 0.2) is 6.10 Å². The van der Waals surface area contributed by atoms with E-state index in [2.05, 4.69) is 0 Å². The molecule has 0 unspecified atom stereocenters. The first-order chi connectivity index (χ1) is 13.7. The number of urea groups is 1. The molecule has 0 radical (unpaired) electrons. The Kier molecular flexibility index (Phi) is 7.08. The number of hydrogen-bond acceptors (Lipinski definition) is 5. The fourth-order valence-corrected chi connectivity index (χ4v) is 2.66. The molecule has 3 N–H and O–H groups in total. The number of carbonyl (C=O) groups is 4. The number of nitrogens with one attached hydrogen (secondary N) is 1. The number of para-hydroxylation sites is 1. The number of benzene rings is 2. The predicted molar refractivity (Wildman–Crippen MR) is 107 cm³/mol. The summed E-state index contributed by atoms with van der Waals surface area (Å²) in [6.45, 7) is 3.30. The standard InChI is InChI=1S/C21H23N3O5/c1-13(2)17(18(25)23-21(22)28)29-20(27)16-12-8-7-11-15(16)19(26)24(3)14-9-5-4-6-10-14/h4-13,17H,1-3H3,(H3,22,23,25,28)/t17-/m1/s1. The van der Waals surface area contributed by atoms with Crippen LogP contribution in [0, 0.1) is 5.92 Å². The summed E-state index contributed by atoms with van der Waals surface area (Å²) in [5, 5.41) is 1.91. The molecule has 8 heteroatoms. The van der Waals surface area contributed by atoms with E-state index < -0.39 is 35.8 Å². The van der Waals surface area contributed by atoms with Crippen molar-refractivity contribution in [3.8, 4) is 0 Å². The van der Waals surface area contributed by atoms with Crippen molar-refractivity contribution in [1.29, 1.82) is 0 Å². The van der Waals surface area contributed by atoms with Crippen LogP contribution in [0.15, 0.2) is 54.6 Å². The van der Waals surface area contributed by atoms with Gasteiger partial charge in [-0.2, -0.15) is 0 Å². The van der Waals surface area contributed by atoms with E-state index >= 15 is 0 Å². The molecule has 0 heterocycles. The van der Waals surface area contributed by atoms with E-state index in [4.69, 9.17) is 10.5 Å². The Morgan fingerprint density at radius 1 is 0.931 bits per heavy atom. The number of rotatable bonds is 6. The van der Waals surface area contributed by atoms with Gasteiger partial charge in [-0.1, -0.05) is 44.2 Å². The van der Waals surface area contributed by atoms with E-state index in [1.807, 2.05) is 11.4 Å². The second-order valence-electron chi connectivity index (χ2n) is 6.67. The maximum atomic E-state index is 12.9. The third kappa shape index (κ3) is 5.41. The zero-order valence-corrected chi connectivity index (χ0v) is 16.4. The molecule has 0 fully saturated rings. The average Bonchev–Trinajstić information content (AvgIpc) is 2.70. The van der Waals surface area contributed by atoms with Gasteiger partial charge in [0.1, 0.15) is 0 Å². The lowest BCUT2D eigenvalue weighted by Crippen LogP contribution is -2.45. The smallest absolute Gasteiger partial charge is 0.339 e. The Morgan fingerprint density at radius 3 is 2.03 bits per heavy atom. The van der Waals surface area contributed by atoms with Gasteiger partial charge in [-0.25, -0.2) is 9.59 Å². The van der Waals surface area contributed by atoms with E-state index in [1.165, 1.54) is 17.0 Å². The molecule has 0 bridgehead atoms. The largest absolute Gasteiger partial charge is 0.448 e. The summed E-state index contributed by atoms with van der Waals surface area (Å²) in [6.07, 6.45) is -1.25. The molecule has 29 heavy (non-hydrogen) atoms. The predicted octanol–water partition coefficient (Wildman–Crippen LogP) is 2.34. The van der Waals surface area contributed by atoms with Gasteiger partial charge in [0.05, 0.1) is 11.1 Å². The monoisotopic (exact) mass is 397 g/mol. The van der Waals surface area contributed by atoms with Crippen LogP contribution in [-0.2, 0) is 9.53 Å². The molecule has 8 nitrogen and oxygen atoms in total. The number of hydrogen-bond donors (Lipinski definition) is 2. The second kappa shape index (κ2) is 9.50. The third-order valence-electron chi connectivity index (χ3n) is 4.17. The summed E-state index contributed by atoms with van der Waals surface area (Å²) in [5.41, 5.74) is 5.76. The van der Waals surface area contributed by atoms with Crippen LogP contribution in [0.3, 0.4) is 0 Å². The second-order valence-corrected chi connectivity index (χ2v) is 6.67. The van der Waals surface area contributed by atoms with Crippen LogP contribution in [0.2, 0.25) is 0 Å². The van der Waals surface area contributed by atoms with Crippen LogP contribution in [0.25, 0.3) is 0 Å². The van der Waals surface area contributed by atoms with Crippen molar-refractivity contribution in [3.63, 3.8) is 0 Å². The number of ether oxygens (including phenoxy) is 1. The van der Waals surface area contributed by atoms with Gasteiger partial charge in [-0.3, -0.25) is 14.9 Å². The summed E-state index contributed by atoms with van der Waals surface area (Å²) in [4.78, 5) is 50.2. The van der Waals surface area contributed by atoms with Crippen LogP contribution in [0.4, 0.5) is 10.5 Å². The number of nitrogens with two attached hydrogens (primary N) is 1. The fraction of sp³-hybridized carbons (Fsp3) is 0.238. The molecule has 1 atom stereocenters. The summed E-state index contributed by atoms with van der Waals surface area (Å²) in [6, 6.07) is 14.1. The van der Waals surface area contributed by atoms with Gasteiger partial charge in [-0.15, -0.1) is 0 Å². The van der Waals surface area contributed by atoms with E-state index in [9.17, 15) is 19.2 Å². The number of carbonyl (C=O) groups excluding carboxylic acids is 4. The first kappa shape index (κ1) is 21.6. The van der Waals surface area contributed by atoms with E-state index in [0.29, 0.717) is 5.69 Å². The van der Waals surface area contributed by atoms with Gasteiger partial charge in [0.2, 0.25) is 0 Å². The molecule has 2 aromatic rings. The fourth-order valence-electron chi connectivity index (χ4n) is 2.66. The van der Waals surface area contributed by atoms with E-state index in [0.717, 1.165) is 0 Å². The Morgan fingerprint density at radius 2 is 1.48 bits per heavy atom. The molecule has 4 amide bonds. The van der Waals surface area contributed by atoms with Crippen molar-refractivity contribution >= 4 is 29.5 Å². The molecule has 0 aromatic heterocycles. The summed E-state index contributed by atoms with van der Waals surface area (Å²) < 4.78 is 5.31. The molecule has 152 valence electrons. The normalized spacial score (nSPS) is 11.4. The van der Waals surface area contributed by atoms with Crippen LogP contribution in [0.1, 0.15) is 34.6 Å². The number of esters is 1. The highest BCUT2D eigenvalue weighted by Gasteiger charge is 2.30. The lowest BCUT2D eigenvalue weighted by Gasteiger charge is -2.22. The number of primary amides is 1. The lowest BCUT2D eigenvalue weighted by atomic mass is 10.0. The molecular formula is C21H23N3O5. The van der Waals surface area contributed by atoms with E-state index in [-0.39, 0.29) is 11.1 Å². The van der Waals surface area contributed by atoms with Gasteiger partial charge >= 0.3 is 12.0 Å². The summed E-state index contributed by atoms with van der Waals surface area (Å²) in [5.74, 6) is -2.51. The number of amides is 4. The zero-order valence-electron chi connectivity index (χ0n) is 16.4. The third-order valence-corrected chi connectivity index (χ3v) is 4.17. The number of nitrogens with zero attached hydrogens (tertiary/aromatic N) is 1. The van der Waals surface area contributed by atoms with Crippen LogP contribution in [0.5, 0.6) is 0 Å². The van der Waals surface area contributed by atoms with Crippen molar-refractivity contribution in [2.45, 2.75) is 20.0 Å². The average molecular weight is 397 g/mol. The summed E-state index contributed by atoms with van der Waals surface area (Å²) >= 11 is 0. The first-order valence-corrected chi connectivity index (χ1v) is 8.95. The van der Waals surface area contributed by atoms with Crippen LogP contribution in [-0.4, -0.2) is 37.0 Å². The topological polar surface area (TPSA) is 119 Å². The lowest BCUT2D eigenvalue weighted by molar-refractivity contribution is -0.130. The van der Waals surface area contributed by atoms with E-state index in [1.54, 1.807) is 57.3 Å². The Hall–Kier alpha value is -3.68. The van der Waals surface area contributed by atoms with Crippen LogP contribution >= 0.6 is 0 Å². The Labute approximate surface area is 168 Å². The minimum Gasteiger partial charge on any atom is -0.448 e. The van der Waals surface area contributed by atoms with Gasteiger partial charge in [-0.05, 0) is 30.2 Å². The van der Waals surface area contributed by atoms with Gasteiger partial charge in [0.25, 0.3) is 11.8 Å². The molecular weight excluding hydrogens is 374 g/mol. The minimum absolute atomic E-state index is 0.0119. The summed E-state index contributed by atoms with van der Waals surface area (Å²) in [7, 11) is 1.59. The van der Waals surface area contributed by atoms with Gasteiger partial charge < -0.3 is 15.4 Å². The highest BCUT2D eigenvalue weighted by molar-refractivity contribution is 6.12. The molecule has 0 saturated heterocycles. The maximum absolute atomic E-state index is 12.9. The zero-order chi connectivity index (χ0) is 21.6. The first-order valence-electron chi connectivity index (χ1n) is 8.95. The van der Waals surface area contributed by atoms with Crippen molar-refractivity contribution in [2.75, 3.05) is 11.9 Å². The minimum atomic E-state index is -1.25. The number of anilines is 1. The van der Waals surface area contributed by atoms with Crippen molar-refractivity contribution in [1.82, 2.24) is 5.32 Å². The number of imide groups is 1. The highest BCUT2D eigenvalue weighted by Crippen LogP contribution is 2.19. The van der Waals surface area contributed by atoms with Crippen LogP contribution < -0.4 is 16.0 Å². The molecule has 2 rings (SSSR count). The van der Waals surface area contributed by atoms with Crippen molar-refractivity contribution in [2.24, 2.45) is 11.7 Å². The van der Waals surface area contributed by atoms with Gasteiger partial charge in [0, 0.05) is 12.7 Å². The molecule has 0 spiro atoms. The maximum Gasteiger partial charge on any atom is 0.339 e. The molecule has 0 aliphatic rings. The molecule has 0 aliphatic heterocycles. The molecule has 2 aromatic carbocycles. The van der Waals surface area contributed by atoms with Crippen molar-refractivity contribution in [3.05, 3.63) is 65.7 Å². The Balaban J connectivity index is 2.29.